The van der Waals surface area contributed by atoms with Gasteiger partial charge in [0, 0.05) is 17.5 Å². The first-order chi connectivity index (χ1) is 13.5. The molecule has 0 radical (unpaired) electrons. The lowest BCUT2D eigenvalue weighted by Crippen LogP contribution is -2.54. The third-order valence-electron chi connectivity index (χ3n) is 6.19. The quantitative estimate of drug-likeness (QED) is 0.559. The first kappa shape index (κ1) is 18.6. The van der Waals surface area contributed by atoms with Crippen molar-refractivity contribution in [1.29, 1.82) is 0 Å². The van der Waals surface area contributed by atoms with Gasteiger partial charge in [0.2, 0.25) is 5.88 Å². The van der Waals surface area contributed by atoms with Crippen LogP contribution in [-0.2, 0) is 12.0 Å². The van der Waals surface area contributed by atoms with Gasteiger partial charge in [-0.15, -0.1) is 6.58 Å². The largest absolute Gasteiger partial charge is 0.439 e. The van der Waals surface area contributed by atoms with Crippen molar-refractivity contribution < 1.29 is 9.53 Å². The van der Waals surface area contributed by atoms with Gasteiger partial charge in [0.15, 0.2) is 0 Å². The second-order valence-electron chi connectivity index (χ2n) is 8.07. The van der Waals surface area contributed by atoms with Crippen molar-refractivity contribution in [3.8, 4) is 11.6 Å². The number of hydrogen-bond acceptors (Lipinski definition) is 4. The lowest BCUT2D eigenvalue weighted by atomic mass is 9.59. The van der Waals surface area contributed by atoms with E-state index in [1.807, 2.05) is 6.07 Å². The summed E-state index contributed by atoms with van der Waals surface area (Å²) in [5.74, 6) is 2.03. The van der Waals surface area contributed by atoms with E-state index in [1.54, 1.807) is 24.3 Å². The smallest absolute Gasteiger partial charge is 0.219 e. The molecule has 2 aliphatic rings. The lowest BCUT2D eigenvalue weighted by molar-refractivity contribution is 0.0537. The molecule has 28 heavy (non-hydrogen) atoms. The van der Waals surface area contributed by atoms with Crippen molar-refractivity contribution in [1.82, 2.24) is 9.88 Å². The van der Waals surface area contributed by atoms with Crippen LogP contribution >= 0.6 is 0 Å². The summed E-state index contributed by atoms with van der Waals surface area (Å²) in [7, 11) is 4.31. The second-order valence-corrected chi connectivity index (χ2v) is 8.07. The van der Waals surface area contributed by atoms with Crippen molar-refractivity contribution in [2.24, 2.45) is 11.8 Å². The van der Waals surface area contributed by atoms with E-state index in [-0.39, 0.29) is 5.54 Å². The zero-order valence-corrected chi connectivity index (χ0v) is 16.7. The number of ether oxygens (including phenoxy) is 1. The van der Waals surface area contributed by atoms with Crippen LogP contribution in [0.3, 0.4) is 0 Å². The zero-order chi connectivity index (χ0) is 19.9. The fourth-order valence-corrected chi connectivity index (χ4v) is 5.00. The molecule has 1 heterocycles. The van der Waals surface area contributed by atoms with Crippen LogP contribution in [0.15, 0.2) is 60.7 Å². The first-order valence-corrected chi connectivity index (χ1v) is 9.68. The maximum atomic E-state index is 10.8. The van der Waals surface area contributed by atoms with E-state index in [1.165, 1.54) is 11.1 Å². The van der Waals surface area contributed by atoms with Crippen LogP contribution in [0.2, 0.25) is 0 Å². The number of rotatable bonds is 5. The number of allylic oxidation sites excluding steroid dienone is 1. The van der Waals surface area contributed by atoms with Crippen LogP contribution in [0.25, 0.3) is 0 Å². The van der Waals surface area contributed by atoms with Gasteiger partial charge in [-0.05, 0) is 75.7 Å². The Balaban J connectivity index is 1.73. The van der Waals surface area contributed by atoms with Gasteiger partial charge in [-0.25, -0.2) is 4.98 Å². The Bertz CT molecular complexity index is 946. The van der Waals surface area contributed by atoms with Gasteiger partial charge in [-0.2, -0.15) is 0 Å². The van der Waals surface area contributed by atoms with Crippen LogP contribution in [0.4, 0.5) is 0 Å². The van der Waals surface area contributed by atoms with Gasteiger partial charge in [-0.3, -0.25) is 9.69 Å². The van der Waals surface area contributed by atoms with Crippen LogP contribution in [0.1, 0.15) is 35.0 Å². The number of aldehydes is 1. The van der Waals surface area contributed by atoms with Crippen LogP contribution in [0.5, 0.6) is 11.6 Å². The van der Waals surface area contributed by atoms with E-state index >= 15 is 0 Å². The van der Waals surface area contributed by atoms with Crippen molar-refractivity contribution >= 4 is 6.29 Å². The predicted octanol–water partition coefficient (Wildman–Crippen LogP) is 4.77. The number of benzene rings is 1. The zero-order valence-electron chi connectivity index (χ0n) is 16.7. The average molecular weight is 374 g/mol. The molecule has 0 saturated heterocycles. The Morgan fingerprint density at radius 3 is 2.61 bits per heavy atom. The SMILES string of the molecule is C=C[C@@H]1[C@H]2C=C(C)C[C@]1(N(C)C)c1ccc(Oc3ccc(C=O)cc3)nc1C2. The fourth-order valence-electron chi connectivity index (χ4n) is 5.00. The Kier molecular flexibility index (Phi) is 4.68. The Labute approximate surface area is 166 Å². The molecule has 0 amide bonds. The highest BCUT2D eigenvalue weighted by Gasteiger charge is 2.51. The van der Waals surface area contributed by atoms with Gasteiger partial charge >= 0.3 is 0 Å². The summed E-state index contributed by atoms with van der Waals surface area (Å²) in [6.45, 7) is 6.38. The summed E-state index contributed by atoms with van der Waals surface area (Å²) in [4.78, 5) is 18.0. The highest BCUT2D eigenvalue weighted by Crippen LogP contribution is 2.53. The molecule has 2 bridgehead atoms. The molecule has 0 N–H and O–H groups in total. The standard InChI is InChI=1S/C24H26N2O2/c1-5-20-18-12-16(2)14-24(20,26(3)4)21-10-11-23(25-22(21)13-18)28-19-8-6-17(15-27)7-9-19/h5-12,15,18,20H,1,13-14H2,2-4H3/t18-,20+,24+/m0/s1. The van der Waals surface area contributed by atoms with Gasteiger partial charge in [-0.1, -0.05) is 17.7 Å². The van der Waals surface area contributed by atoms with Gasteiger partial charge in [0.05, 0.1) is 11.2 Å². The molecule has 144 valence electrons. The number of nitrogens with zero attached hydrogens (tertiary/aromatic N) is 2. The van der Waals surface area contributed by atoms with Crippen LogP contribution < -0.4 is 4.74 Å². The molecular formula is C24H26N2O2. The summed E-state index contributed by atoms with van der Waals surface area (Å²) in [6, 6.07) is 11.2. The van der Waals surface area contributed by atoms with E-state index < -0.39 is 0 Å². The molecule has 2 aliphatic carbocycles. The highest BCUT2D eigenvalue weighted by molar-refractivity contribution is 5.74. The maximum Gasteiger partial charge on any atom is 0.219 e. The first-order valence-electron chi connectivity index (χ1n) is 9.68. The topological polar surface area (TPSA) is 42.4 Å². The number of pyridine rings is 1. The molecule has 3 atom stereocenters. The monoisotopic (exact) mass is 374 g/mol. The molecule has 1 aromatic carbocycles. The second kappa shape index (κ2) is 7.02. The number of hydrogen-bond donors (Lipinski definition) is 0. The molecule has 2 aromatic rings. The van der Waals surface area contributed by atoms with Crippen LogP contribution in [-0.4, -0.2) is 30.3 Å². The molecule has 0 saturated carbocycles. The van der Waals surface area contributed by atoms with Crippen molar-refractivity contribution in [3.63, 3.8) is 0 Å². The molecule has 4 heteroatoms. The Morgan fingerprint density at radius 1 is 1.21 bits per heavy atom. The molecule has 0 fully saturated rings. The highest BCUT2D eigenvalue weighted by atomic mass is 16.5. The Hall–Kier alpha value is -2.72. The Morgan fingerprint density at radius 2 is 1.96 bits per heavy atom. The van der Waals surface area contributed by atoms with Crippen molar-refractivity contribution in [2.75, 3.05) is 14.1 Å². The van der Waals surface area contributed by atoms with E-state index in [4.69, 9.17) is 9.72 Å². The fraction of sp³-hybridized carbons (Fsp3) is 0.333. The molecule has 4 rings (SSSR count). The number of carbonyl (C=O) groups excluding carboxylic acids is 1. The number of carbonyl (C=O) groups is 1. The third-order valence-corrected chi connectivity index (χ3v) is 6.19. The molecule has 0 spiro atoms. The summed E-state index contributed by atoms with van der Waals surface area (Å²) in [6.07, 6.45) is 7.21. The molecule has 0 unspecified atom stereocenters. The average Bonchev–Trinajstić information content (AvgIpc) is 2.67. The molecule has 0 aliphatic heterocycles. The summed E-state index contributed by atoms with van der Waals surface area (Å²) >= 11 is 0. The van der Waals surface area contributed by atoms with E-state index in [2.05, 4.69) is 50.7 Å². The van der Waals surface area contributed by atoms with Gasteiger partial charge < -0.3 is 4.74 Å². The number of fused-ring (bicyclic) bond motifs is 4. The van der Waals surface area contributed by atoms with Crippen LogP contribution in [0, 0.1) is 11.8 Å². The molecule has 1 aromatic heterocycles. The van der Waals surface area contributed by atoms with E-state index in [0.29, 0.717) is 29.0 Å². The summed E-state index contributed by atoms with van der Waals surface area (Å²) in [5, 5.41) is 0. The minimum Gasteiger partial charge on any atom is -0.439 e. The minimum absolute atomic E-state index is 0.115. The normalized spacial score (nSPS) is 25.6. The molecular weight excluding hydrogens is 348 g/mol. The minimum atomic E-state index is -0.115. The van der Waals surface area contributed by atoms with Gasteiger partial charge in [0.1, 0.15) is 12.0 Å². The summed E-state index contributed by atoms with van der Waals surface area (Å²) < 4.78 is 5.96. The van der Waals surface area contributed by atoms with Gasteiger partial charge in [0.25, 0.3) is 0 Å². The van der Waals surface area contributed by atoms with Crippen molar-refractivity contribution in [3.05, 3.63) is 77.5 Å². The van der Waals surface area contributed by atoms with E-state index in [0.717, 1.165) is 24.8 Å². The predicted molar refractivity (Wildman–Crippen MR) is 111 cm³/mol. The van der Waals surface area contributed by atoms with Crippen molar-refractivity contribution in [2.45, 2.75) is 25.3 Å². The lowest BCUT2D eigenvalue weighted by Gasteiger charge is -2.54. The van der Waals surface area contributed by atoms with E-state index in [9.17, 15) is 4.79 Å². The molecule has 4 nitrogen and oxygen atoms in total. The number of aromatic nitrogens is 1. The summed E-state index contributed by atoms with van der Waals surface area (Å²) in [5.41, 5.74) is 4.31. The maximum absolute atomic E-state index is 10.8. The third kappa shape index (κ3) is 2.89.